The average Bonchev–Trinajstić information content (AvgIpc) is 3.03. The molecule has 0 heterocycles. The number of carbonyl (C=O) groups excluding carboxylic acids is 1. The van der Waals surface area contributed by atoms with Crippen LogP contribution in [0, 0.1) is 39.9 Å². The molecule has 0 aromatic heterocycles. The lowest BCUT2D eigenvalue weighted by atomic mass is 9.36. The molecule has 4 saturated carbocycles. The monoisotopic (exact) mass is 517 g/mol. The van der Waals surface area contributed by atoms with Gasteiger partial charge in [0.15, 0.2) is 0 Å². The molecule has 0 saturated heterocycles. The Bertz CT molecular complexity index is 1020. The normalized spacial score (nSPS) is 48.3. The number of aliphatic hydroxyl groups excluding tert-OH is 2. The summed E-state index contributed by atoms with van der Waals surface area (Å²) in [5, 5.41) is 33.0. The number of hydrogen-bond donors (Lipinski definition) is 4. The fraction of sp³-hybridized carbons (Fsp3) is 0.800. The lowest BCUT2D eigenvalue weighted by molar-refractivity contribution is -0.236. The zero-order chi connectivity index (χ0) is 27.7. The number of fused-ring (bicyclic) bond motifs is 5. The van der Waals surface area contributed by atoms with Gasteiger partial charge >= 0.3 is 11.9 Å². The molecule has 208 valence electrons. The number of rotatable bonds is 4. The predicted octanol–water partition coefficient (Wildman–Crippen LogP) is 4.21. The maximum absolute atomic E-state index is 12.6. The number of carboxylic acids is 1. The summed E-state index contributed by atoms with van der Waals surface area (Å²) in [6, 6.07) is -0.341. The maximum atomic E-state index is 12.6. The van der Waals surface area contributed by atoms with Gasteiger partial charge in [-0.05, 0) is 97.9 Å². The van der Waals surface area contributed by atoms with Crippen molar-refractivity contribution in [2.24, 2.45) is 45.7 Å². The molecule has 4 aliphatic carbocycles. The van der Waals surface area contributed by atoms with Gasteiger partial charge in [0, 0.05) is 18.5 Å². The van der Waals surface area contributed by atoms with Crippen LogP contribution in [-0.4, -0.2) is 51.6 Å². The Morgan fingerprint density at radius 1 is 1.11 bits per heavy atom. The molecule has 0 unspecified atom stereocenters. The van der Waals surface area contributed by atoms with Gasteiger partial charge in [-0.25, -0.2) is 4.79 Å². The van der Waals surface area contributed by atoms with Crippen LogP contribution in [0.3, 0.4) is 0 Å². The van der Waals surface area contributed by atoms with Crippen LogP contribution in [0.5, 0.6) is 0 Å². The van der Waals surface area contributed by atoms with Crippen molar-refractivity contribution in [2.75, 3.05) is 0 Å². The van der Waals surface area contributed by atoms with E-state index in [0.717, 1.165) is 18.4 Å². The van der Waals surface area contributed by atoms with Gasteiger partial charge < -0.3 is 25.8 Å². The minimum absolute atomic E-state index is 0.0477. The summed E-state index contributed by atoms with van der Waals surface area (Å²) in [6.07, 6.45) is 3.77. The van der Waals surface area contributed by atoms with Crippen molar-refractivity contribution in [2.45, 2.75) is 111 Å². The molecule has 0 aromatic carbocycles. The van der Waals surface area contributed by atoms with Crippen LogP contribution in [0.1, 0.15) is 87.0 Å². The molecule has 4 fully saturated rings. The first-order chi connectivity index (χ1) is 17.1. The molecule has 37 heavy (non-hydrogen) atoms. The lowest BCUT2D eigenvalue weighted by Crippen LogP contribution is -2.68. The first kappa shape index (κ1) is 28.3. The van der Waals surface area contributed by atoms with Gasteiger partial charge in [0.1, 0.15) is 6.10 Å². The minimum atomic E-state index is -0.993. The van der Waals surface area contributed by atoms with E-state index < -0.39 is 30.3 Å². The molecule has 0 radical (unpaired) electrons. The van der Waals surface area contributed by atoms with Crippen molar-refractivity contribution < 1.29 is 29.6 Å². The van der Waals surface area contributed by atoms with Crippen molar-refractivity contribution in [1.82, 2.24) is 0 Å². The van der Waals surface area contributed by atoms with Gasteiger partial charge in [0.05, 0.1) is 12.2 Å². The second-order valence-corrected chi connectivity index (χ2v) is 13.6. The van der Waals surface area contributed by atoms with Crippen LogP contribution in [-0.2, 0) is 14.3 Å². The van der Waals surface area contributed by atoms with Crippen molar-refractivity contribution in [1.29, 1.82) is 0 Å². The summed E-state index contributed by atoms with van der Waals surface area (Å²) >= 11 is 0. The van der Waals surface area contributed by atoms with Crippen LogP contribution in [0.2, 0.25) is 0 Å². The van der Waals surface area contributed by atoms with E-state index in [2.05, 4.69) is 27.7 Å². The number of carboxylic acid groups (broad SMARTS) is 1. The zero-order valence-corrected chi connectivity index (χ0v) is 23.6. The Morgan fingerprint density at radius 2 is 1.76 bits per heavy atom. The van der Waals surface area contributed by atoms with Crippen molar-refractivity contribution in [3.63, 3.8) is 0 Å². The predicted molar refractivity (Wildman–Crippen MR) is 141 cm³/mol. The van der Waals surface area contributed by atoms with Crippen molar-refractivity contribution >= 4 is 11.9 Å². The van der Waals surface area contributed by atoms with Gasteiger partial charge in [-0.1, -0.05) is 39.3 Å². The molecular formula is C30H47NO6. The van der Waals surface area contributed by atoms with Crippen LogP contribution in [0.25, 0.3) is 0 Å². The van der Waals surface area contributed by atoms with Crippen LogP contribution < -0.4 is 5.73 Å². The fourth-order valence-corrected chi connectivity index (χ4v) is 9.75. The van der Waals surface area contributed by atoms with E-state index in [9.17, 15) is 24.9 Å². The van der Waals surface area contributed by atoms with Gasteiger partial charge in [-0.2, -0.15) is 0 Å². The average molecular weight is 518 g/mol. The number of aliphatic carboxylic acids is 1. The zero-order valence-electron chi connectivity index (χ0n) is 23.6. The molecule has 0 aliphatic heterocycles. The molecule has 4 rings (SSSR count). The standard InChI is InChI=1S/C30H47NO6/c1-15(2)8-9-18(27(35)36)24-20-12-22(33)26-28(5)13-21(31)25(34)16(3)19(28)10-11-29(26,6)30(20,7)14-23(24)37-17(4)32/h8,16,19-23,25-26,33-34H,9-14,31H2,1-7H3,(H,35,36)/b24-18-/t16-,19-,20-,21+,22+,23-,25-,26-,28-,29-,30-/m0/s1. The van der Waals surface area contributed by atoms with Crippen molar-refractivity contribution in [3.8, 4) is 0 Å². The van der Waals surface area contributed by atoms with Gasteiger partial charge in [-0.3, -0.25) is 4.79 Å². The Balaban J connectivity index is 1.86. The summed E-state index contributed by atoms with van der Waals surface area (Å²) in [4.78, 5) is 24.8. The fourth-order valence-electron chi connectivity index (χ4n) is 9.75. The first-order valence-electron chi connectivity index (χ1n) is 14.0. The highest BCUT2D eigenvalue weighted by atomic mass is 16.5. The summed E-state index contributed by atoms with van der Waals surface area (Å²) in [5.41, 5.74) is 7.53. The number of esters is 1. The highest BCUT2D eigenvalue weighted by Gasteiger charge is 2.71. The number of aliphatic hydroxyl groups is 2. The van der Waals surface area contributed by atoms with Gasteiger partial charge in [-0.15, -0.1) is 0 Å². The summed E-state index contributed by atoms with van der Waals surface area (Å²) in [5.74, 6) is -1.37. The summed E-state index contributed by atoms with van der Waals surface area (Å²) in [7, 11) is 0. The molecule has 11 atom stereocenters. The Morgan fingerprint density at radius 3 is 2.32 bits per heavy atom. The van der Waals surface area contributed by atoms with Gasteiger partial charge in [0.25, 0.3) is 0 Å². The first-order valence-corrected chi connectivity index (χ1v) is 14.0. The summed E-state index contributed by atoms with van der Waals surface area (Å²) < 4.78 is 5.84. The van der Waals surface area contributed by atoms with Crippen LogP contribution in [0.4, 0.5) is 0 Å². The second-order valence-electron chi connectivity index (χ2n) is 13.6. The van der Waals surface area contributed by atoms with E-state index in [1.807, 2.05) is 19.9 Å². The minimum Gasteiger partial charge on any atom is -0.478 e. The molecule has 4 aliphatic rings. The molecule has 0 bridgehead atoms. The molecule has 7 nitrogen and oxygen atoms in total. The Labute approximate surface area is 221 Å². The third-order valence-electron chi connectivity index (χ3n) is 11.4. The van der Waals surface area contributed by atoms with E-state index in [1.54, 1.807) is 0 Å². The van der Waals surface area contributed by atoms with Crippen LogP contribution >= 0.6 is 0 Å². The van der Waals surface area contributed by atoms with Crippen molar-refractivity contribution in [3.05, 3.63) is 22.8 Å². The maximum Gasteiger partial charge on any atom is 0.331 e. The third kappa shape index (κ3) is 4.20. The largest absolute Gasteiger partial charge is 0.478 e. The summed E-state index contributed by atoms with van der Waals surface area (Å²) in [6.45, 7) is 14.1. The molecule has 0 aromatic rings. The molecule has 0 spiro atoms. The quantitative estimate of drug-likeness (QED) is 0.250. The molecule has 5 N–H and O–H groups in total. The van der Waals surface area contributed by atoms with E-state index in [-0.39, 0.29) is 58.0 Å². The second kappa shape index (κ2) is 9.49. The van der Waals surface area contributed by atoms with Crippen LogP contribution in [0.15, 0.2) is 22.8 Å². The Hall–Kier alpha value is -1.70. The highest BCUT2D eigenvalue weighted by molar-refractivity contribution is 5.88. The lowest BCUT2D eigenvalue weighted by Gasteiger charge is -2.69. The number of ether oxygens (including phenoxy) is 1. The smallest absolute Gasteiger partial charge is 0.331 e. The number of nitrogens with two attached hydrogens (primary N) is 1. The van der Waals surface area contributed by atoms with E-state index >= 15 is 0 Å². The number of allylic oxidation sites excluding steroid dienone is 2. The highest BCUT2D eigenvalue weighted by Crippen LogP contribution is 2.74. The topological polar surface area (TPSA) is 130 Å². The van der Waals surface area contributed by atoms with E-state index in [1.165, 1.54) is 6.92 Å². The number of carbonyl (C=O) groups is 2. The molecule has 0 amide bonds. The van der Waals surface area contributed by atoms with E-state index in [4.69, 9.17) is 10.5 Å². The molecular weight excluding hydrogens is 470 g/mol. The third-order valence-corrected chi connectivity index (χ3v) is 11.4. The number of hydrogen-bond acceptors (Lipinski definition) is 6. The van der Waals surface area contributed by atoms with Gasteiger partial charge in [0.2, 0.25) is 0 Å². The Kier molecular flexibility index (Phi) is 7.26. The van der Waals surface area contributed by atoms with E-state index in [0.29, 0.717) is 24.8 Å². The molecule has 7 heteroatoms. The SMILES string of the molecule is CC(=O)O[C@H]1C[C@@]2(C)[C@@H](C[C@@H](O)[C@H]3[C@@]4(C)C[C@@H](N)[C@@H](O)[C@@H](C)[C@@H]4CC[C@@]32C)/C1=C(\CC=C(C)C)C(=O)O.